The molecule has 25 heavy (non-hydrogen) atoms. The highest BCUT2D eigenvalue weighted by molar-refractivity contribution is 5.68. The van der Waals surface area contributed by atoms with Gasteiger partial charge in [-0.2, -0.15) is 0 Å². The molecule has 0 bridgehead atoms. The highest BCUT2D eigenvalue weighted by Crippen LogP contribution is 2.28. The van der Waals surface area contributed by atoms with Crippen LogP contribution in [0.15, 0.2) is 18.2 Å². The van der Waals surface area contributed by atoms with E-state index in [0.29, 0.717) is 13.0 Å². The quantitative estimate of drug-likeness (QED) is 0.598. The number of hydrogen-bond acceptors (Lipinski definition) is 5. The van der Waals surface area contributed by atoms with Crippen molar-refractivity contribution in [2.75, 3.05) is 6.54 Å². The van der Waals surface area contributed by atoms with Gasteiger partial charge in [-0.05, 0) is 45.2 Å². The summed E-state index contributed by atoms with van der Waals surface area (Å²) in [7, 11) is 0. The van der Waals surface area contributed by atoms with Crippen LogP contribution >= 0.6 is 0 Å². The lowest BCUT2D eigenvalue weighted by molar-refractivity contribution is -0.385. The molecule has 0 saturated carbocycles. The zero-order valence-electron chi connectivity index (χ0n) is 14.7. The summed E-state index contributed by atoms with van der Waals surface area (Å²) >= 11 is 0. The first-order valence-electron chi connectivity index (χ1n) is 8.20. The van der Waals surface area contributed by atoms with E-state index in [1.165, 1.54) is 23.1 Å². The minimum atomic E-state index is -0.835. The molecule has 138 valence electrons. The number of nitrogens with zero attached hydrogens (tertiary/aromatic N) is 2. The zero-order chi connectivity index (χ0) is 18.6. The molecule has 8 heteroatoms. The van der Waals surface area contributed by atoms with Crippen LogP contribution < -0.4 is 4.74 Å². The van der Waals surface area contributed by atoms with E-state index in [9.17, 15) is 19.3 Å². The number of nitro groups is 1. The Morgan fingerprint density at radius 1 is 1.36 bits per heavy atom. The summed E-state index contributed by atoms with van der Waals surface area (Å²) in [6, 6.07) is 3.81. The molecule has 0 spiro atoms. The Morgan fingerprint density at radius 2 is 2.08 bits per heavy atom. The first kappa shape index (κ1) is 19.0. The Labute approximate surface area is 145 Å². The van der Waals surface area contributed by atoms with Gasteiger partial charge in [0, 0.05) is 19.0 Å². The van der Waals surface area contributed by atoms with E-state index in [2.05, 4.69) is 0 Å². The molecule has 7 nitrogen and oxygen atoms in total. The van der Waals surface area contributed by atoms with Crippen LogP contribution in [0.25, 0.3) is 0 Å². The molecule has 1 fully saturated rings. The second-order valence-electron chi connectivity index (χ2n) is 6.97. The molecular weight excluding hydrogens is 331 g/mol. The van der Waals surface area contributed by atoms with Crippen LogP contribution in [0.3, 0.4) is 0 Å². The van der Waals surface area contributed by atoms with Gasteiger partial charge in [0.05, 0.1) is 11.0 Å². The summed E-state index contributed by atoms with van der Waals surface area (Å²) in [6.45, 7) is 4.97. The lowest BCUT2D eigenvalue weighted by Gasteiger charge is -2.36. The lowest BCUT2D eigenvalue weighted by Crippen LogP contribution is -2.48. The van der Waals surface area contributed by atoms with Gasteiger partial charge in [0.1, 0.15) is 18.0 Å². The summed E-state index contributed by atoms with van der Waals surface area (Å²) in [5.74, 6) is 0.169. The molecule has 1 aromatic rings. The second-order valence-corrected chi connectivity index (χ2v) is 6.97. The second kappa shape index (κ2) is 7.67. The molecule has 1 unspecified atom stereocenters. The molecule has 0 N–H and O–H groups in total. The van der Waals surface area contributed by atoms with E-state index in [4.69, 9.17) is 9.47 Å². The topological polar surface area (TPSA) is 81.9 Å². The molecule has 0 aromatic heterocycles. The van der Waals surface area contributed by atoms with Gasteiger partial charge >= 0.3 is 6.09 Å². The number of carbonyl (C=O) groups is 1. The highest BCUT2D eigenvalue weighted by atomic mass is 19.1. The Hall–Kier alpha value is -2.38. The van der Waals surface area contributed by atoms with Crippen molar-refractivity contribution in [3.05, 3.63) is 33.9 Å². The van der Waals surface area contributed by atoms with E-state index in [1.54, 1.807) is 20.8 Å². The zero-order valence-corrected chi connectivity index (χ0v) is 14.7. The van der Waals surface area contributed by atoms with E-state index < -0.39 is 29.5 Å². The Morgan fingerprint density at radius 3 is 2.68 bits per heavy atom. The van der Waals surface area contributed by atoms with Gasteiger partial charge in [-0.1, -0.05) is 0 Å². The highest BCUT2D eigenvalue weighted by Gasteiger charge is 2.32. The standard InChI is InChI=1S/C17H23FN2O5/c1-17(2,3)25-16(21)19-7-5-4-6-15(19)24-14-9-12(11-18)8-13(10-14)20(22)23/h8-10,15H,4-7,11H2,1-3H3. The maximum Gasteiger partial charge on any atom is 0.413 e. The van der Waals surface area contributed by atoms with Gasteiger partial charge < -0.3 is 9.47 Å². The van der Waals surface area contributed by atoms with E-state index >= 15 is 0 Å². The first-order valence-corrected chi connectivity index (χ1v) is 8.20. The normalized spacial score (nSPS) is 17.9. The third-order valence-electron chi connectivity index (χ3n) is 3.66. The maximum atomic E-state index is 13.0. The Bertz CT molecular complexity index is 644. The van der Waals surface area contributed by atoms with Crippen molar-refractivity contribution in [2.45, 2.75) is 58.5 Å². The number of benzene rings is 1. The van der Waals surface area contributed by atoms with Crippen LogP contribution in [0.1, 0.15) is 45.6 Å². The van der Waals surface area contributed by atoms with Crippen molar-refractivity contribution in [1.29, 1.82) is 0 Å². The number of ether oxygens (including phenoxy) is 2. The largest absolute Gasteiger partial charge is 0.470 e. The van der Waals surface area contributed by atoms with Crippen molar-refractivity contribution in [1.82, 2.24) is 4.90 Å². The van der Waals surface area contributed by atoms with E-state index in [0.717, 1.165) is 12.8 Å². The number of carbonyl (C=O) groups excluding carboxylic acids is 1. The summed E-state index contributed by atoms with van der Waals surface area (Å²) in [5.41, 5.74) is -0.722. The fraction of sp³-hybridized carbons (Fsp3) is 0.588. The minimum absolute atomic E-state index is 0.156. The van der Waals surface area contributed by atoms with E-state index in [1.807, 2.05) is 0 Å². The number of non-ortho nitro benzene ring substituents is 1. The fourth-order valence-electron chi connectivity index (χ4n) is 2.60. The molecular formula is C17H23FN2O5. The number of piperidine rings is 1. The number of halogens is 1. The molecule has 1 aliphatic rings. The Balaban J connectivity index is 2.20. The predicted molar refractivity (Wildman–Crippen MR) is 89.1 cm³/mol. The van der Waals surface area contributed by atoms with Crippen LogP contribution in [0.4, 0.5) is 14.9 Å². The summed E-state index contributed by atoms with van der Waals surface area (Å²) in [5, 5.41) is 11.0. The lowest BCUT2D eigenvalue weighted by atomic mass is 10.1. The van der Waals surface area contributed by atoms with Gasteiger partial charge in [-0.15, -0.1) is 0 Å². The molecule has 2 rings (SSSR count). The van der Waals surface area contributed by atoms with Gasteiger partial charge in [0.15, 0.2) is 6.23 Å². The fourth-order valence-corrected chi connectivity index (χ4v) is 2.60. The molecule has 0 aliphatic carbocycles. The van der Waals surface area contributed by atoms with Crippen molar-refractivity contribution < 1.29 is 23.6 Å². The van der Waals surface area contributed by atoms with Gasteiger partial charge in [0.2, 0.25) is 0 Å². The molecule has 1 amide bonds. The SMILES string of the molecule is CC(C)(C)OC(=O)N1CCCCC1Oc1cc(CF)cc([N+](=O)[O-])c1. The monoisotopic (exact) mass is 354 g/mol. The maximum absolute atomic E-state index is 13.0. The van der Waals surface area contributed by atoms with E-state index in [-0.39, 0.29) is 17.0 Å². The number of rotatable bonds is 4. The van der Waals surface area contributed by atoms with Crippen LogP contribution in [0.5, 0.6) is 5.75 Å². The average Bonchev–Trinajstić information content (AvgIpc) is 2.53. The number of hydrogen-bond donors (Lipinski definition) is 0. The summed E-state index contributed by atoms with van der Waals surface area (Å²) in [6.07, 6.45) is 1.16. The van der Waals surface area contributed by atoms with Crippen LogP contribution in [-0.2, 0) is 11.4 Å². The molecule has 0 radical (unpaired) electrons. The smallest absolute Gasteiger partial charge is 0.413 e. The van der Waals surface area contributed by atoms with Gasteiger partial charge in [-0.3, -0.25) is 15.0 Å². The van der Waals surface area contributed by atoms with Crippen molar-refractivity contribution in [3.63, 3.8) is 0 Å². The minimum Gasteiger partial charge on any atom is -0.470 e. The third kappa shape index (κ3) is 5.30. The van der Waals surface area contributed by atoms with Crippen LogP contribution in [-0.4, -0.2) is 34.3 Å². The molecule has 1 saturated heterocycles. The van der Waals surface area contributed by atoms with Gasteiger partial charge in [0.25, 0.3) is 5.69 Å². The number of likely N-dealkylation sites (tertiary alicyclic amines) is 1. The van der Waals surface area contributed by atoms with Crippen molar-refractivity contribution in [2.24, 2.45) is 0 Å². The van der Waals surface area contributed by atoms with Crippen molar-refractivity contribution >= 4 is 11.8 Å². The first-order chi connectivity index (χ1) is 11.7. The van der Waals surface area contributed by atoms with Crippen LogP contribution in [0.2, 0.25) is 0 Å². The molecule has 1 heterocycles. The number of alkyl halides is 1. The Kier molecular flexibility index (Phi) is 5.81. The van der Waals surface area contributed by atoms with Crippen LogP contribution in [0, 0.1) is 10.1 Å². The number of nitro benzene ring substituents is 1. The summed E-state index contributed by atoms with van der Waals surface area (Å²) in [4.78, 5) is 24.2. The van der Waals surface area contributed by atoms with Gasteiger partial charge in [-0.25, -0.2) is 9.18 Å². The average molecular weight is 354 g/mol. The van der Waals surface area contributed by atoms with Crippen molar-refractivity contribution in [3.8, 4) is 5.75 Å². The summed E-state index contributed by atoms with van der Waals surface area (Å²) < 4.78 is 24.1. The molecule has 1 aliphatic heterocycles. The number of amides is 1. The molecule has 1 atom stereocenters. The molecule has 1 aromatic carbocycles. The third-order valence-corrected chi connectivity index (χ3v) is 3.66. The predicted octanol–water partition coefficient (Wildman–Crippen LogP) is 4.19.